The Bertz CT molecular complexity index is 212. The fourth-order valence-corrected chi connectivity index (χ4v) is 1.96. The van der Waals surface area contributed by atoms with Crippen molar-refractivity contribution in [3.05, 3.63) is 0 Å². The molecule has 94 valence electrons. The van der Waals surface area contributed by atoms with Crippen LogP contribution in [0.3, 0.4) is 0 Å². The van der Waals surface area contributed by atoms with Crippen molar-refractivity contribution in [2.24, 2.45) is 11.8 Å². The van der Waals surface area contributed by atoms with Gasteiger partial charge in [0.05, 0.1) is 7.11 Å². The molecular weight excluding hydrogens is 206 g/mol. The van der Waals surface area contributed by atoms with Crippen molar-refractivity contribution in [1.29, 1.82) is 0 Å². The molecule has 0 aromatic carbocycles. The number of hydrogen-bond donors (Lipinski definition) is 1. The minimum atomic E-state index is -0.187. The van der Waals surface area contributed by atoms with Crippen molar-refractivity contribution in [2.45, 2.75) is 32.7 Å². The topological polar surface area (TPSA) is 47.6 Å². The Kier molecular flexibility index (Phi) is 5.77. The minimum Gasteiger partial charge on any atom is -0.468 e. The van der Waals surface area contributed by atoms with E-state index in [4.69, 9.17) is 9.47 Å². The van der Waals surface area contributed by atoms with E-state index in [0.717, 1.165) is 32.6 Å². The van der Waals surface area contributed by atoms with Gasteiger partial charge in [-0.3, -0.25) is 4.79 Å². The van der Waals surface area contributed by atoms with E-state index in [1.807, 2.05) is 13.8 Å². The van der Waals surface area contributed by atoms with Crippen LogP contribution in [0.25, 0.3) is 0 Å². The lowest BCUT2D eigenvalue weighted by Crippen LogP contribution is -2.44. The first-order valence-corrected chi connectivity index (χ1v) is 6.04. The Hall–Kier alpha value is -0.610. The number of carbonyl (C=O) groups excluding carboxylic acids is 1. The van der Waals surface area contributed by atoms with Gasteiger partial charge in [-0.05, 0) is 31.2 Å². The van der Waals surface area contributed by atoms with Crippen molar-refractivity contribution >= 4 is 5.97 Å². The summed E-state index contributed by atoms with van der Waals surface area (Å²) in [6.07, 6.45) is 2.16. The summed E-state index contributed by atoms with van der Waals surface area (Å²) in [4.78, 5) is 11.5. The second kappa shape index (κ2) is 6.86. The summed E-state index contributed by atoms with van der Waals surface area (Å²) in [7, 11) is 1.44. The zero-order valence-corrected chi connectivity index (χ0v) is 10.5. The van der Waals surface area contributed by atoms with Gasteiger partial charge in [-0.1, -0.05) is 13.8 Å². The van der Waals surface area contributed by atoms with Crippen LogP contribution in [0.5, 0.6) is 0 Å². The van der Waals surface area contributed by atoms with Crippen molar-refractivity contribution in [2.75, 3.05) is 26.9 Å². The molecule has 1 atom stereocenters. The van der Waals surface area contributed by atoms with E-state index < -0.39 is 0 Å². The monoisotopic (exact) mass is 229 g/mol. The molecule has 0 bridgehead atoms. The second-order valence-corrected chi connectivity index (χ2v) is 4.71. The number of esters is 1. The van der Waals surface area contributed by atoms with Gasteiger partial charge in [0.2, 0.25) is 0 Å². The number of carbonyl (C=O) groups is 1. The SMILES string of the molecule is COC(=O)[C@@H](NCC1CCOCC1)C(C)C. The Balaban J connectivity index is 2.34. The Labute approximate surface area is 97.7 Å². The van der Waals surface area contributed by atoms with Crippen LogP contribution >= 0.6 is 0 Å². The van der Waals surface area contributed by atoms with Gasteiger partial charge in [-0.25, -0.2) is 0 Å². The van der Waals surface area contributed by atoms with Crippen LogP contribution in [0.2, 0.25) is 0 Å². The molecule has 1 aliphatic heterocycles. The average molecular weight is 229 g/mol. The summed E-state index contributed by atoms with van der Waals surface area (Å²) in [5.74, 6) is 0.717. The molecular formula is C12H23NO3. The lowest BCUT2D eigenvalue weighted by molar-refractivity contribution is -0.144. The quantitative estimate of drug-likeness (QED) is 0.720. The van der Waals surface area contributed by atoms with E-state index >= 15 is 0 Å². The molecule has 0 aliphatic carbocycles. The van der Waals surface area contributed by atoms with Crippen LogP contribution in [0.4, 0.5) is 0 Å². The molecule has 0 aromatic rings. The maximum Gasteiger partial charge on any atom is 0.323 e. The third-order valence-corrected chi connectivity index (χ3v) is 3.09. The van der Waals surface area contributed by atoms with E-state index in [1.54, 1.807) is 0 Å². The van der Waals surface area contributed by atoms with Gasteiger partial charge in [-0.15, -0.1) is 0 Å². The fourth-order valence-electron chi connectivity index (χ4n) is 1.96. The molecule has 0 radical (unpaired) electrons. The van der Waals surface area contributed by atoms with Gasteiger partial charge in [0.15, 0.2) is 0 Å². The molecule has 0 amide bonds. The smallest absolute Gasteiger partial charge is 0.323 e. The Morgan fingerprint density at radius 3 is 2.56 bits per heavy atom. The molecule has 1 aliphatic rings. The summed E-state index contributed by atoms with van der Waals surface area (Å²) in [5.41, 5.74) is 0. The van der Waals surface area contributed by atoms with E-state index in [2.05, 4.69) is 5.32 Å². The molecule has 16 heavy (non-hydrogen) atoms. The zero-order valence-electron chi connectivity index (χ0n) is 10.5. The van der Waals surface area contributed by atoms with Gasteiger partial charge in [0, 0.05) is 13.2 Å². The number of rotatable bonds is 5. The fraction of sp³-hybridized carbons (Fsp3) is 0.917. The first kappa shape index (κ1) is 13.5. The third kappa shape index (κ3) is 4.10. The Morgan fingerprint density at radius 1 is 1.44 bits per heavy atom. The molecule has 4 heteroatoms. The van der Waals surface area contributed by atoms with Gasteiger partial charge < -0.3 is 14.8 Å². The number of hydrogen-bond acceptors (Lipinski definition) is 4. The summed E-state index contributed by atoms with van der Waals surface area (Å²) >= 11 is 0. The lowest BCUT2D eigenvalue weighted by atomic mass is 9.98. The average Bonchev–Trinajstić information content (AvgIpc) is 2.30. The molecule has 0 saturated carbocycles. The highest BCUT2D eigenvalue weighted by Crippen LogP contribution is 2.14. The van der Waals surface area contributed by atoms with E-state index in [0.29, 0.717) is 5.92 Å². The highest BCUT2D eigenvalue weighted by molar-refractivity contribution is 5.75. The summed E-state index contributed by atoms with van der Waals surface area (Å²) < 4.78 is 10.1. The van der Waals surface area contributed by atoms with Crippen LogP contribution in [0.15, 0.2) is 0 Å². The van der Waals surface area contributed by atoms with Crippen molar-refractivity contribution in [3.63, 3.8) is 0 Å². The van der Waals surface area contributed by atoms with Crippen LogP contribution in [-0.2, 0) is 14.3 Å². The first-order chi connectivity index (χ1) is 7.65. The number of methoxy groups -OCH3 is 1. The highest BCUT2D eigenvalue weighted by Gasteiger charge is 2.24. The van der Waals surface area contributed by atoms with Crippen molar-refractivity contribution < 1.29 is 14.3 Å². The maximum atomic E-state index is 11.5. The first-order valence-electron chi connectivity index (χ1n) is 6.04. The molecule has 4 nitrogen and oxygen atoms in total. The number of nitrogens with one attached hydrogen (secondary N) is 1. The van der Waals surface area contributed by atoms with Gasteiger partial charge in [-0.2, -0.15) is 0 Å². The normalized spacial score (nSPS) is 19.8. The summed E-state index contributed by atoms with van der Waals surface area (Å²) in [6, 6.07) is -0.187. The van der Waals surface area contributed by atoms with Crippen LogP contribution < -0.4 is 5.32 Å². The lowest BCUT2D eigenvalue weighted by Gasteiger charge is -2.26. The van der Waals surface area contributed by atoms with Crippen LogP contribution in [-0.4, -0.2) is 38.9 Å². The number of ether oxygens (including phenoxy) is 2. The highest BCUT2D eigenvalue weighted by atomic mass is 16.5. The van der Waals surface area contributed by atoms with Gasteiger partial charge >= 0.3 is 5.97 Å². The van der Waals surface area contributed by atoms with Gasteiger partial charge in [0.1, 0.15) is 6.04 Å². The van der Waals surface area contributed by atoms with E-state index in [1.165, 1.54) is 7.11 Å². The molecule has 1 saturated heterocycles. The molecule has 1 heterocycles. The van der Waals surface area contributed by atoms with Crippen LogP contribution in [0.1, 0.15) is 26.7 Å². The summed E-state index contributed by atoms with van der Waals surface area (Å²) in [6.45, 7) is 6.62. The van der Waals surface area contributed by atoms with Crippen LogP contribution in [0, 0.1) is 11.8 Å². The van der Waals surface area contributed by atoms with E-state index in [-0.39, 0.29) is 17.9 Å². The molecule has 0 spiro atoms. The zero-order chi connectivity index (χ0) is 12.0. The maximum absolute atomic E-state index is 11.5. The Morgan fingerprint density at radius 2 is 2.06 bits per heavy atom. The molecule has 1 fully saturated rings. The third-order valence-electron chi connectivity index (χ3n) is 3.09. The van der Waals surface area contributed by atoms with Crippen molar-refractivity contribution in [1.82, 2.24) is 5.32 Å². The summed E-state index contributed by atoms with van der Waals surface area (Å²) in [5, 5.41) is 3.31. The second-order valence-electron chi connectivity index (χ2n) is 4.71. The molecule has 1 rings (SSSR count). The molecule has 1 N–H and O–H groups in total. The largest absolute Gasteiger partial charge is 0.468 e. The molecule has 0 aromatic heterocycles. The van der Waals surface area contributed by atoms with E-state index in [9.17, 15) is 4.79 Å². The predicted molar refractivity (Wildman–Crippen MR) is 62.2 cm³/mol. The predicted octanol–water partition coefficient (Wildman–Crippen LogP) is 1.20. The molecule has 0 unspecified atom stereocenters. The van der Waals surface area contributed by atoms with Gasteiger partial charge in [0.25, 0.3) is 0 Å². The van der Waals surface area contributed by atoms with Crippen molar-refractivity contribution in [3.8, 4) is 0 Å². The standard InChI is InChI=1S/C12H23NO3/c1-9(2)11(12(14)15-3)13-8-10-4-6-16-7-5-10/h9-11,13H,4-8H2,1-3H3/t11-/m0/s1. The minimum absolute atomic E-state index is 0.165.